The van der Waals surface area contributed by atoms with Gasteiger partial charge in [0.05, 0.1) is 4.92 Å². The van der Waals surface area contributed by atoms with E-state index in [1.165, 1.54) is 18.2 Å². The molecule has 2 N–H and O–H groups in total. The molecule has 0 saturated carbocycles. The summed E-state index contributed by atoms with van der Waals surface area (Å²) in [5.74, 6) is -3.01. The molecular formula is C21H25N3O11S. The molecule has 36 heavy (non-hydrogen) atoms. The molecule has 15 heteroatoms. The molecule has 196 valence electrons. The van der Waals surface area contributed by atoms with Crippen LogP contribution < -0.4 is 10.6 Å². The maximum Gasteiger partial charge on any atom is 0.303 e. The third-order valence-corrected chi connectivity index (χ3v) is 4.83. The summed E-state index contributed by atoms with van der Waals surface area (Å²) < 4.78 is 26.8. The number of nitrogens with zero attached hydrogens (tertiary/aromatic N) is 1. The average molecular weight is 528 g/mol. The minimum atomic E-state index is -1.39. The first-order valence-corrected chi connectivity index (χ1v) is 10.9. The number of para-hydroxylation sites is 2. The van der Waals surface area contributed by atoms with Crippen LogP contribution in [-0.4, -0.2) is 71.2 Å². The highest BCUT2D eigenvalue weighted by atomic mass is 32.1. The van der Waals surface area contributed by atoms with Crippen molar-refractivity contribution in [2.75, 3.05) is 11.9 Å². The van der Waals surface area contributed by atoms with E-state index in [0.29, 0.717) is 0 Å². The van der Waals surface area contributed by atoms with Gasteiger partial charge in [-0.2, -0.15) is 0 Å². The van der Waals surface area contributed by atoms with E-state index >= 15 is 0 Å². The van der Waals surface area contributed by atoms with Crippen molar-refractivity contribution < 1.29 is 47.8 Å². The first-order chi connectivity index (χ1) is 16.9. The molecule has 0 aliphatic carbocycles. The zero-order chi connectivity index (χ0) is 27.0. The molecule has 0 unspecified atom stereocenters. The van der Waals surface area contributed by atoms with Gasteiger partial charge >= 0.3 is 23.9 Å². The zero-order valence-corrected chi connectivity index (χ0v) is 20.6. The Kier molecular flexibility index (Phi) is 10.0. The molecule has 0 bridgehead atoms. The predicted octanol–water partition coefficient (Wildman–Crippen LogP) is 0.964. The van der Waals surface area contributed by atoms with E-state index in [1.54, 1.807) is 6.07 Å². The Morgan fingerprint density at radius 1 is 0.944 bits per heavy atom. The summed E-state index contributed by atoms with van der Waals surface area (Å²) in [7, 11) is 0. The highest BCUT2D eigenvalue weighted by molar-refractivity contribution is 7.80. The zero-order valence-electron chi connectivity index (χ0n) is 19.7. The lowest BCUT2D eigenvalue weighted by Crippen LogP contribution is -2.66. The van der Waals surface area contributed by atoms with Gasteiger partial charge in [0.2, 0.25) is 0 Å². The normalized spacial score (nSPS) is 22.9. The standard InChI is InChI=1S/C21H25N3O11S/c1-10(25)31-9-16-17(32-11(2)26)18(33-12(3)27)19(34-13(4)28)20(35-16)23-21(36)22-14-7-5-6-8-15(14)24(29)30/h5-8,16-20H,9H2,1-4H3,(H2,22,23,36)/t16-,17-,18-,19+,20-/m0/s1. The summed E-state index contributed by atoms with van der Waals surface area (Å²) in [6, 6.07) is 5.70. The molecule has 1 aliphatic heterocycles. The molecule has 14 nitrogen and oxygen atoms in total. The number of thiocarbonyl (C=S) groups is 1. The second-order valence-electron chi connectivity index (χ2n) is 7.49. The van der Waals surface area contributed by atoms with E-state index in [9.17, 15) is 29.3 Å². The first kappa shape index (κ1) is 28.4. The molecule has 1 saturated heterocycles. The number of ether oxygens (including phenoxy) is 5. The van der Waals surface area contributed by atoms with Gasteiger partial charge in [0.15, 0.2) is 29.7 Å². The summed E-state index contributed by atoms with van der Waals surface area (Å²) in [5.41, 5.74) is -0.200. The fourth-order valence-electron chi connectivity index (χ4n) is 3.37. The van der Waals surface area contributed by atoms with Crippen LogP contribution >= 0.6 is 12.2 Å². The second-order valence-corrected chi connectivity index (χ2v) is 7.90. The number of rotatable bonds is 8. The quantitative estimate of drug-likeness (QED) is 0.160. The number of benzene rings is 1. The Morgan fingerprint density at radius 2 is 1.50 bits per heavy atom. The number of nitro groups is 1. The highest BCUT2D eigenvalue weighted by Gasteiger charge is 2.52. The van der Waals surface area contributed by atoms with Crippen molar-refractivity contribution in [1.82, 2.24) is 5.32 Å². The lowest BCUT2D eigenvalue weighted by Gasteiger charge is -2.44. The third kappa shape index (κ3) is 8.13. The van der Waals surface area contributed by atoms with Crippen LogP contribution in [0, 0.1) is 10.1 Å². The van der Waals surface area contributed by atoms with Crippen molar-refractivity contribution in [3.05, 3.63) is 34.4 Å². The molecule has 0 radical (unpaired) electrons. The Labute approximate surface area is 210 Å². The molecule has 0 spiro atoms. The highest BCUT2D eigenvalue weighted by Crippen LogP contribution is 2.29. The van der Waals surface area contributed by atoms with Crippen LogP contribution in [0.1, 0.15) is 27.7 Å². The van der Waals surface area contributed by atoms with E-state index in [2.05, 4.69) is 10.6 Å². The Hall–Kier alpha value is -3.85. The minimum absolute atomic E-state index is 0.0608. The number of anilines is 1. The number of hydrogen-bond donors (Lipinski definition) is 2. The molecule has 1 aromatic rings. The number of esters is 4. The van der Waals surface area contributed by atoms with E-state index in [1.807, 2.05) is 0 Å². The van der Waals surface area contributed by atoms with Gasteiger partial charge in [0, 0.05) is 33.8 Å². The molecule has 1 heterocycles. The van der Waals surface area contributed by atoms with Crippen LogP contribution in [0.3, 0.4) is 0 Å². The van der Waals surface area contributed by atoms with E-state index in [0.717, 1.165) is 27.7 Å². The Balaban J connectivity index is 2.40. The molecule has 1 aromatic carbocycles. The van der Waals surface area contributed by atoms with Crippen LogP contribution in [0.2, 0.25) is 0 Å². The summed E-state index contributed by atoms with van der Waals surface area (Å²) in [6.07, 6.45) is -6.62. The monoisotopic (exact) mass is 527 g/mol. The SMILES string of the molecule is CC(=O)OC[C@@H]1O[C@H](NC(=S)Nc2ccccc2[N+](=O)[O-])[C@H](OC(C)=O)[C@@H](OC(C)=O)[C@H]1OC(C)=O. The molecule has 0 amide bonds. The van der Waals surface area contributed by atoms with Crippen molar-refractivity contribution >= 4 is 52.6 Å². The second kappa shape index (κ2) is 12.7. The van der Waals surface area contributed by atoms with Crippen molar-refractivity contribution in [2.45, 2.75) is 58.3 Å². The van der Waals surface area contributed by atoms with Crippen molar-refractivity contribution in [3.63, 3.8) is 0 Å². The predicted molar refractivity (Wildman–Crippen MR) is 124 cm³/mol. The van der Waals surface area contributed by atoms with E-state index in [4.69, 9.17) is 35.9 Å². The number of carbonyl (C=O) groups excluding carboxylic acids is 4. The number of hydrogen-bond acceptors (Lipinski definition) is 12. The Morgan fingerprint density at radius 3 is 2.06 bits per heavy atom. The molecule has 0 aromatic heterocycles. The summed E-state index contributed by atoms with van der Waals surface area (Å²) in [6.45, 7) is 4.02. The average Bonchev–Trinajstić information content (AvgIpc) is 2.75. The van der Waals surface area contributed by atoms with Crippen LogP contribution in [0.5, 0.6) is 0 Å². The van der Waals surface area contributed by atoms with Gasteiger partial charge in [0.1, 0.15) is 18.4 Å². The topological polar surface area (TPSA) is 182 Å². The van der Waals surface area contributed by atoms with Gasteiger partial charge in [-0.1, -0.05) is 12.1 Å². The van der Waals surface area contributed by atoms with Crippen molar-refractivity contribution in [3.8, 4) is 0 Å². The maximum absolute atomic E-state index is 11.9. The molecule has 2 rings (SSSR count). The van der Waals surface area contributed by atoms with Crippen LogP contribution in [-0.2, 0) is 42.9 Å². The molecular weight excluding hydrogens is 502 g/mol. The molecule has 1 aliphatic rings. The van der Waals surface area contributed by atoms with Gasteiger partial charge < -0.3 is 34.3 Å². The maximum atomic E-state index is 11.9. The fourth-order valence-corrected chi connectivity index (χ4v) is 3.60. The molecule has 1 fully saturated rings. The van der Waals surface area contributed by atoms with E-state index in [-0.39, 0.29) is 16.5 Å². The van der Waals surface area contributed by atoms with Gasteiger partial charge in [0.25, 0.3) is 5.69 Å². The lowest BCUT2D eigenvalue weighted by molar-refractivity contribution is -0.383. The minimum Gasteiger partial charge on any atom is -0.463 e. The third-order valence-electron chi connectivity index (χ3n) is 4.61. The van der Waals surface area contributed by atoms with Gasteiger partial charge in [-0.25, -0.2) is 0 Å². The van der Waals surface area contributed by atoms with E-state index < -0.39 is 66.1 Å². The van der Waals surface area contributed by atoms with Gasteiger partial charge in [-0.05, 0) is 18.3 Å². The van der Waals surface area contributed by atoms with Gasteiger partial charge in [-0.15, -0.1) is 0 Å². The van der Waals surface area contributed by atoms with Crippen molar-refractivity contribution in [2.24, 2.45) is 0 Å². The smallest absolute Gasteiger partial charge is 0.303 e. The summed E-state index contributed by atoms with van der Waals surface area (Å²) in [5, 5.41) is 16.5. The van der Waals surface area contributed by atoms with Crippen molar-refractivity contribution in [1.29, 1.82) is 0 Å². The van der Waals surface area contributed by atoms with Crippen LogP contribution in [0.15, 0.2) is 24.3 Å². The Bertz CT molecular complexity index is 1030. The number of carbonyl (C=O) groups is 4. The number of nitro benzene ring substituents is 1. The van der Waals surface area contributed by atoms with Gasteiger partial charge in [-0.3, -0.25) is 29.3 Å². The number of nitrogens with one attached hydrogen (secondary N) is 2. The molecule has 5 atom stereocenters. The first-order valence-electron chi connectivity index (χ1n) is 10.5. The summed E-state index contributed by atoms with van der Waals surface area (Å²) >= 11 is 5.26. The van der Waals surface area contributed by atoms with Crippen LogP contribution in [0.4, 0.5) is 11.4 Å². The fraction of sp³-hybridized carbons (Fsp3) is 0.476. The largest absolute Gasteiger partial charge is 0.463 e. The van der Waals surface area contributed by atoms with Crippen LogP contribution in [0.25, 0.3) is 0 Å². The summed E-state index contributed by atoms with van der Waals surface area (Å²) in [4.78, 5) is 57.6. The lowest BCUT2D eigenvalue weighted by atomic mass is 9.97.